The van der Waals surface area contributed by atoms with Gasteiger partial charge in [0.05, 0.1) is 27.9 Å². The smallest absolute Gasteiger partial charge is 0.203 e. The maximum absolute atomic E-state index is 5.46. The number of nitrogens with zero attached hydrogens (tertiary/aromatic N) is 2. The van der Waals surface area contributed by atoms with Crippen LogP contribution in [0.15, 0.2) is 47.5 Å². The quantitative estimate of drug-likeness (QED) is 0.273. The van der Waals surface area contributed by atoms with Gasteiger partial charge in [-0.15, -0.1) is 24.0 Å². The first kappa shape index (κ1) is 26.1. The molecule has 0 radical (unpaired) electrons. The average molecular weight is 554 g/mol. The van der Waals surface area contributed by atoms with Gasteiger partial charge in [0.1, 0.15) is 0 Å². The van der Waals surface area contributed by atoms with E-state index in [0.717, 1.165) is 37.8 Å². The van der Waals surface area contributed by atoms with Crippen LogP contribution in [0, 0.1) is 0 Å². The molecule has 0 saturated carbocycles. The lowest BCUT2D eigenvalue weighted by Gasteiger charge is -2.23. The molecule has 0 spiro atoms. The SMILES string of the molecule is CCNC(=NCC1CCCN1Cc1ccccc1)Nc1cc(OC)c(OC)c(OC)c1.I. The first-order chi connectivity index (χ1) is 15.2. The lowest BCUT2D eigenvalue weighted by atomic mass is 10.2. The highest BCUT2D eigenvalue weighted by atomic mass is 127. The molecule has 0 amide bonds. The fourth-order valence-electron chi connectivity index (χ4n) is 3.92. The summed E-state index contributed by atoms with van der Waals surface area (Å²) >= 11 is 0. The number of nitrogens with one attached hydrogen (secondary N) is 2. The van der Waals surface area contributed by atoms with E-state index >= 15 is 0 Å². The molecule has 0 aliphatic carbocycles. The van der Waals surface area contributed by atoms with Crippen molar-refractivity contribution in [2.24, 2.45) is 4.99 Å². The summed E-state index contributed by atoms with van der Waals surface area (Å²) in [7, 11) is 4.82. The van der Waals surface area contributed by atoms with Crippen molar-refractivity contribution in [1.82, 2.24) is 10.2 Å². The third-order valence-corrected chi connectivity index (χ3v) is 5.46. The predicted molar refractivity (Wildman–Crippen MR) is 141 cm³/mol. The van der Waals surface area contributed by atoms with Gasteiger partial charge in [-0.3, -0.25) is 9.89 Å². The number of benzene rings is 2. The maximum atomic E-state index is 5.46. The van der Waals surface area contributed by atoms with Crippen molar-refractivity contribution in [3.8, 4) is 17.2 Å². The number of guanidine groups is 1. The minimum atomic E-state index is 0. The minimum absolute atomic E-state index is 0. The zero-order valence-electron chi connectivity index (χ0n) is 19.4. The Morgan fingerprint density at radius 3 is 2.34 bits per heavy atom. The molecular weight excluding hydrogens is 519 g/mol. The minimum Gasteiger partial charge on any atom is -0.493 e. The van der Waals surface area contributed by atoms with Crippen LogP contribution in [0.4, 0.5) is 5.69 Å². The highest BCUT2D eigenvalue weighted by molar-refractivity contribution is 14.0. The number of likely N-dealkylation sites (tertiary alicyclic amines) is 1. The Bertz CT molecular complexity index is 839. The van der Waals surface area contributed by atoms with Gasteiger partial charge in [-0.1, -0.05) is 30.3 Å². The van der Waals surface area contributed by atoms with E-state index in [2.05, 4.69) is 52.8 Å². The molecule has 1 fully saturated rings. The highest BCUT2D eigenvalue weighted by Gasteiger charge is 2.24. The standard InChI is InChI=1S/C24H34N4O3.HI/c1-5-25-24(27-19-14-21(29-2)23(31-4)22(15-19)30-3)26-16-20-12-9-13-28(20)17-18-10-7-6-8-11-18;/h6-8,10-11,14-15,20H,5,9,12-13,16-17H2,1-4H3,(H2,25,26,27);1H. The van der Waals surface area contributed by atoms with Crippen LogP contribution >= 0.6 is 24.0 Å². The second-order valence-electron chi connectivity index (χ2n) is 7.51. The van der Waals surface area contributed by atoms with Gasteiger partial charge in [0.2, 0.25) is 5.75 Å². The zero-order chi connectivity index (χ0) is 22.1. The number of hydrogen-bond donors (Lipinski definition) is 2. The molecule has 1 heterocycles. The summed E-state index contributed by atoms with van der Waals surface area (Å²) in [5, 5.41) is 6.70. The first-order valence-corrected chi connectivity index (χ1v) is 10.8. The fraction of sp³-hybridized carbons (Fsp3) is 0.458. The molecule has 1 unspecified atom stereocenters. The van der Waals surface area contributed by atoms with Gasteiger partial charge in [0.15, 0.2) is 17.5 Å². The van der Waals surface area contributed by atoms with Crippen LogP contribution < -0.4 is 24.8 Å². The molecule has 2 aromatic carbocycles. The molecule has 1 saturated heterocycles. The van der Waals surface area contributed by atoms with Gasteiger partial charge in [0, 0.05) is 37.0 Å². The lowest BCUT2D eigenvalue weighted by molar-refractivity contribution is 0.250. The summed E-state index contributed by atoms with van der Waals surface area (Å²) in [5.41, 5.74) is 2.17. The third kappa shape index (κ3) is 6.90. The van der Waals surface area contributed by atoms with E-state index in [4.69, 9.17) is 19.2 Å². The van der Waals surface area contributed by atoms with E-state index in [1.54, 1.807) is 21.3 Å². The average Bonchev–Trinajstić information content (AvgIpc) is 3.24. The lowest BCUT2D eigenvalue weighted by Crippen LogP contribution is -2.35. The maximum Gasteiger partial charge on any atom is 0.203 e. The van der Waals surface area contributed by atoms with Gasteiger partial charge < -0.3 is 24.8 Å². The molecular formula is C24H35IN4O3. The summed E-state index contributed by atoms with van der Waals surface area (Å²) < 4.78 is 16.3. The van der Waals surface area contributed by atoms with Crippen LogP contribution in [0.3, 0.4) is 0 Å². The summed E-state index contributed by atoms with van der Waals surface area (Å²) in [4.78, 5) is 7.41. The Hall–Kier alpha value is -2.20. The molecule has 0 aromatic heterocycles. The summed E-state index contributed by atoms with van der Waals surface area (Å²) in [6, 6.07) is 14.8. The number of anilines is 1. The highest BCUT2D eigenvalue weighted by Crippen LogP contribution is 2.39. The molecule has 1 aliphatic heterocycles. The van der Waals surface area contributed by atoms with Crippen molar-refractivity contribution in [2.45, 2.75) is 32.4 Å². The Kier molecular flexibility index (Phi) is 10.9. The molecule has 2 aromatic rings. The van der Waals surface area contributed by atoms with E-state index in [1.807, 2.05) is 12.1 Å². The summed E-state index contributed by atoms with van der Waals surface area (Å²) in [5.74, 6) is 2.51. The number of hydrogen-bond acceptors (Lipinski definition) is 5. The number of methoxy groups -OCH3 is 3. The second-order valence-corrected chi connectivity index (χ2v) is 7.51. The Morgan fingerprint density at radius 2 is 1.75 bits per heavy atom. The first-order valence-electron chi connectivity index (χ1n) is 10.8. The topological polar surface area (TPSA) is 67.4 Å². The monoisotopic (exact) mass is 554 g/mol. The molecule has 1 atom stereocenters. The fourth-order valence-corrected chi connectivity index (χ4v) is 3.92. The molecule has 176 valence electrons. The van der Waals surface area contributed by atoms with Crippen LogP contribution in [-0.4, -0.2) is 57.9 Å². The molecule has 32 heavy (non-hydrogen) atoms. The van der Waals surface area contributed by atoms with Crippen molar-refractivity contribution in [3.05, 3.63) is 48.0 Å². The van der Waals surface area contributed by atoms with E-state index < -0.39 is 0 Å². The van der Waals surface area contributed by atoms with Crippen molar-refractivity contribution in [3.63, 3.8) is 0 Å². The Labute approximate surface area is 208 Å². The van der Waals surface area contributed by atoms with Crippen molar-refractivity contribution < 1.29 is 14.2 Å². The van der Waals surface area contributed by atoms with Crippen molar-refractivity contribution in [1.29, 1.82) is 0 Å². The van der Waals surface area contributed by atoms with Crippen LogP contribution in [0.5, 0.6) is 17.2 Å². The van der Waals surface area contributed by atoms with E-state index in [1.165, 1.54) is 18.4 Å². The predicted octanol–water partition coefficient (Wildman–Crippen LogP) is 4.37. The molecule has 7 nitrogen and oxygen atoms in total. The number of aliphatic imine (C=N–C) groups is 1. The molecule has 0 bridgehead atoms. The van der Waals surface area contributed by atoms with Gasteiger partial charge in [-0.2, -0.15) is 0 Å². The number of halogens is 1. The van der Waals surface area contributed by atoms with Crippen molar-refractivity contribution in [2.75, 3.05) is 46.3 Å². The molecule has 2 N–H and O–H groups in total. The largest absolute Gasteiger partial charge is 0.493 e. The third-order valence-electron chi connectivity index (χ3n) is 5.46. The number of rotatable bonds is 9. The molecule has 8 heteroatoms. The van der Waals surface area contributed by atoms with E-state index in [-0.39, 0.29) is 24.0 Å². The Balaban J connectivity index is 0.00000363. The van der Waals surface area contributed by atoms with Crippen LogP contribution in [0.1, 0.15) is 25.3 Å². The van der Waals surface area contributed by atoms with Gasteiger partial charge in [-0.05, 0) is 31.9 Å². The molecule has 3 rings (SSSR count). The summed E-state index contributed by atoms with van der Waals surface area (Å²) in [6.45, 7) is 5.66. The van der Waals surface area contributed by atoms with Gasteiger partial charge in [-0.25, -0.2) is 0 Å². The zero-order valence-corrected chi connectivity index (χ0v) is 21.7. The summed E-state index contributed by atoms with van der Waals surface area (Å²) in [6.07, 6.45) is 2.38. The van der Waals surface area contributed by atoms with Crippen LogP contribution in [0.2, 0.25) is 0 Å². The van der Waals surface area contributed by atoms with E-state index in [0.29, 0.717) is 23.3 Å². The second kappa shape index (κ2) is 13.4. The van der Waals surface area contributed by atoms with Crippen LogP contribution in [0.25, 0.3) is 0 Å². The van der Waals surface area contributed by atoms with Gasteiger partial charge in [0.25, 0.3) is 0 Å². The van der Waals surface area contributed by atoms with Gasteiger partial charge >= 0.3 is 0 Å². The Morgan fingerprint density at radius 1 is 1.06 bits per heavy atom. The molecule has 1 aliphatic rings. The number of ether oxygens (including phenoxy) is 3. The normalized spacial score (nSPS) is 16.2. The van der Waals surface area contributed by atoms with Crippen molar-refractivity contribution >= 4 is 35.6 Å². The van der Waals surface area contributed by atoms with Crippen LogP contribution in [-0.2, 0) is 6.54 Å². The van der Waals surface area contributed by atoms with E-state index in [9.17, 15) is 0 Å².